The van der Waals surface area contributed by atoms with Gasteiger partial charge in [-0.3, -0.25) is 0 Å². The van der Waals surface area contributed by atoms with Crippen molar-refractivity contribution in [1.29, 1.82) is 0 Å². The third kappa shape index (κ3) is 5.39. The Morgan fingerprint density at radius 1 is 0.706 bits per heavy atom. The fraction of sp³-hybridized carbons (Fsp3) is 0.357. The number of fused-ring (bicyclic) bond motifs is 1. The van der Waals surface area contributed by atoms with Gasteiger partial charge in [0.05, 0.1) is 19.8 Å². The van der Waals surface area contributed by atoms with E-state index in [4.69, 9.17) is 28.4 Å². The highest BCUT2D eigenvalue weighted by atomic mass is 16.8. The van der Waals surface area contributed by atoms with Crippen LogP contribution in [0.3, 0.4) is 0 Å². The zero-order valence-electron chi connectivity index (χ0n) is 19.2. The molecule has 2 aliphatic heterocycles. The topological polar surface area (TPSA) is 55.4 Å². The summed E-state index contributed by atoms with van der Waals surface area (Å²) < 4.78 is 37.2. The van der Waals surface area contributed by atoms with Crippen molar-refractivity contribution in [3.63, 3.8) is 0 Å². The average Bonchev–Trinajstić information content (AvgIpc) is 2.91. The Morgan fingerprint density at radius 3 is 1.85 bits per heavy atom. The quantitative estimate of drug-likeness (QED) is 0.486. The van der Waals surface area contributed by atoms with E-state index in [2.05, 4.69) is 0 Å². The molecular formula is C28H30O6. The average molecular weight is 463 g/mol. The van der Waals surface area contributed by atoms with E-state index in [1.54, 1.807) is 7.11 Å². The van der Waals surface area contributed by atoms with Gasteiger partial charge in [-0.25, -0.2) is 0 Å². The molecule has 6 nitrogen and oxygen atoms in total. The maximum Gasteiger partial charge on any atom is 0.186 e. The van der Waals surface area contributed by atoms with Crippen LogP contribution in [0.2, 0.25) is 0 Å². The van der Waals surface area contributed by atoms with Gasteiger partial charge in [-0.05, 0) is 11.1 Å². The first-order chi connectivity index (χ1) is 16.8. The van der Waals surface area contributed by atoms with E-state index in [1.807, 2.05) is 91.0 Å². The first-order valence-corrected chi connectivity index (χ1v) is 11.6. The summed E-state index contributed by atoms with van der Waals surface area (Å²) in [4.78, 5) is 0. The van der Waals surface area contributed by atoms with Crippen LogP contribution in [-0.2, 0) is 41.6 Å². The minimum Gasteiger partial charge on any atom is -0.368 e. The molecule has 0 amide bonds. The Balaban J connectivity index is 1.39. The molecule has 5 rings (SSSR count). The van der Waals surface area contributed by atoms with Crippen LogP contribution in [0.5, 0.6) is 0 Å². The summed E-state index contributed by atoms with van der Waals surface area (Å²) in [5.74, 6) is 0. The van der Waals surface area contributed by atoms with Crippen LogP contribution in [0.25, 0.3) is 0 Å². The lowest BCUT2D eigenvalue weighted by molar-refractivity contribution is -0.369. The number of rotatable bonds is 8. The normalized spacial score (nSPS) is 28.9. The maximum atomic E-state index is 6.49. The standard InChI is InChI=1S/C28H30O6/c1-29-28-26(31-18-21-13-7-3-8-14-21)25(30-17-20-11-5-2-6-12-20)24-23(33-28)19-32-27(34-24)22-15-9-4-10-16-22/h2-16,23-28H,17-19H2,1H3/t23-,24+,25+,26-,27?,28+/m1/s1. The molecule has 2 aliphatic rings. The van der Waals surface area contributed by atoms with E-state index in [9.17, 15) is 0 Å². The molecule has 2 heterocycles. The van der Waals surface area contributed by atoms with Crippen molar-refractivity contribution in [3.8, 4) is 0 Å². The minimum absolute atomic E-state index is 0.331. The van der Waals surface area contributed by atoms with Gasteiger partial charge >= 0.3 is 0 Å². The first-order valence-electron chi connectivity index (χ1n) is 11.6. The van der Waals surface area contributed by atoms with E-state index in [-0.39, 0.29) is 12.2 Å². The van der Waals surface area contributed by atoms with Crippen LogP contribution >= 0.6 is 0 Å². The maximum absolute atomic E-state index is 6.49. The van der Waals surface area contributed by atoms with Crippen LogP contribution in [0.1, 0.15) is 23.0 Å². The fourth-order valence-electron chi connectivity index (χ4n) is 4.42. The monoisotopic (exact) mass is 462 g/mol. The Labute approximate surface area is 200 Å². The summed E-state index contributed by atoms with van der Waals surface area (Å²) in [6, 6.07) is 30.0. The van der Waals surface area contributed by atoms with E-state index in [0.717, 1.165) is 16.7 Å². The van der Waals surface area contributed by atoms with E-state index in [1.165, 1.54) is 0 Å². The number of hydrogen-bond donors (Lipinski definition) is 0. The zero-order chi connectivity index (χ0) is 23.2. The SMILES string of the molecule is CO[C@H]1O[C@@H]2COC(c3ccccc3)O[C@@H]2[C@H](OCc2ccccc2)[C@H]1OCc1ccccc1. The predicted octanol–water partition coefficient (Wildman–Crippen LogP) is 4.64. The van der Waals surface area contributed by atoms with Crippen molar-refractivity contribution in [2.75, 3.05) is 13.7 Å². The summed E-state index contributed by atoms with van der Waals surface area (Å²) in [6.45, 7) is 1.22. The Hall–Kier alpha value is -2.58. The first kappa shape index (κ1) is 23.2. The summed E-state index contributed by atoms with van der Waals surface area (Å²) >= 11 is 0. The molecule has 0 bridgehead atoms. The van der Waals surface area contributed by atoms with Crippen molar-refractivity contribution in [1.82, 2.24) is 0 Å². The van der Waals surface area contributed by atoms with Crippen LogP contribution < -0.4 is 0 Å². The van der Waals surface area contributed by atoms with E-state index >= 15 is 0 Å². The van der Waals surface area contributed by atoms with Gasteiger partial charge in [0.25, 0.3) is 0 Å². The molecule has 1 unspecified atom stereocenters. The molecular weight excluding hydrogens is 432 g/mol. The molecule has 0 radical (unpaired) electrons. The Morgan fingerprint density at radius 2 is 1.26 bits per heavy atom. The van der Waals surface area contributed by atoms with Gasteiger partial charge in [-0.15, -0.1) is 0 Å². The second kappa shape index (κ2) is 11.2. The third-order valence-corrected chi connectivity index (χ3v) is 6.16. The number of ether oxygens (including phenoxy) is 6. The van der Waals surface area contributed by atoms with Crippen molar-refractivity contribution in [2.24, 2.45) is 0 Å². The van der Waals surface area contributed by atoms with Crippen LogP contribution in [-0.4, -0.2) is 44.4 Å². The third-order valence-electron chi connectivity index (χ3n) is 6.16. The van der Waals surface area contributed by atoms with Crippen LogP contribution in [0.15, 0.2) is 91.0 Å². The van der Waals surface area contributed by atoms with Gasteiger partial charge < -0.3 is 28.4 Å². The summed E-state index contributed by atoms with van der Waals surface area (Å²) in [6.07, 6.45) is -2.71. The zero-order valence-corrected chi connectivity index (χ0v) is 19.2. The highest BCUT2D eigenvalue weighted by Gasteiger charge is 2.51. The molecule has 6 heteroatoms. The Kier molecular flexibility index (Phi) is 7.65. The highest BCUT2D eigenvalue weighted by molar-refractivity contribution is 5.17. The molecule has 0 N–H and O–H groups in total. The molecule has 34 heavy (non-hydrogen) atoms. The van der Waals surface area contributed by atoms with Crippen molar-refractivity contribution >= 4 is 0 Å². The molecule has 2 saturated heterocycles. The minimum atomic E-state index is -0.605. The Bertz CT molecular complexity index is 993. The van der Waals surface area contributed by atoms with Crippen molar-refractivity contribution < 1.29 is 28.4 Å². The number of benzene rings is 3. The summed E-state index contributed by atoms with van der Waals surface area (Å²) in [5.41, 5.74) is 3.10. The van der Waals surface area contributed by atoms with E-state index in [0.29, 0.717) is 19.8 Å². The summed E-state index contributed by atoms with van der Waals surface area (Å²) in [5, 5.41) is 0. The molecule has 3 aromatic rings. The second-order valence-electron chi connectivity index (χ2n) is 8.48. The molecule has 0 aliphatic carbocycles. The number of methoxy groups -OCH3 is 1. The van der Waals surface area contributed by atoms with Gasteiger partial charge in [0.1, 0.15) is 24.4 Å². The van der Waals surface area contributed by atoms with Gasteiger partial charge in [-0.2, -0.15) is 0 Å². The summed E-state index contributed by atoms with van der Waals surface area (Å²) in [7, 11) is 1.62. The van der Waals surface area contributed by atoms with Gasteiger partial charge in [0.2, 0.25) is 0 Å². The smallest absolute Gasteiger partial charge is 0.186 e. The number of hydrogen-bond acceptors (Lipinski definition) is 6. The molecule has 0 aromatic heterocycles. The van der Waals surface area contributed by atoms with Crippen LogP contribution in [0, 0.1) is 0 Å². The van der Waals surface area contributed by atoms with Gasteiger partial charge in [0.15, 0.2) is 12.6 Å². The molecule has 2 fully saturated rings. The van der Waals surface area contributed by atoms with Gasteiger partial charge in [-0.1, -0.05) is 91.0 Å². The molecule has 6 atom stereocenters. The molecule has 178 valence electrons. The second-order valence-corrected chi connectivity index (χ2v) is 8.48. The largest absolute Gasteiger partial charge is 0.368 e. The lowest BCUT2D eigenvalue weighted by Gasteiger charge is -2.48. The lowest BCUT2D eigenvalue weighted by Crippen LogP contribution is -2.63. The lowest BCUT2D eigenvalue weighted by atomic mass is 9.97. The fourth-order valence-corrected chi connectivity index (χ4v) is 4.42. The molecule has 0 saturated carbocycles. The predicted molar refractivity (Wildman–Crippen MR) is 126 cm³/mol. The van der Waals surface area contributed by atoms with Crippen LogP contribution in [0.4, 0.5) is 0 Å². The van der Waals surface area contributed by atoms with E-state index < -0.39 is 24.8 Å². The molecule has 3 aromatic carbocycles. The van der Waals surface area contributed by atoms with Gasteiger partial charge in [0, 0.05) is 12.7 Å². The van der Waals surface area contributed by atoms with Crippen molar-refractivity contribution in [3.05, 3.63) is 108 Å². The highest BCUT2D eigenvalue weighted by Crippen LogP contribution is 2.37. The molecule has 0 spiro atoms. The van der Waals surface area contributed by atoms with Crippen molar-refractivity contribution in [2.45, 2.75) is 50.2 Å².